The van der Waals surface area contributed by atoms with Gasteiger partial charge in [-0.25, -0.2) is 0 Å². The van der Waals surface area contributed by atoms with Crippen LogP contribution in [0.4, 0.5) is 0 Å². The highest BCUT2D eigenvalue weighted by Gasteiger charge is 2.12. The predicted octanol–water partition coefficient (Wildman–Crippen LogP) is 0.887. The molecule has 1 aromatic rings. The van der Waals surface area contributed by atoms with Crippen LogP contribution in [0, 0.1) is 0 Å². The van der Waals surface area contributed by atoms with Crippen LogP contribution in [-0.4, -0.2) is 29.4 Å². The predicted molar refractivity (Wildman–Crippen MR) is 54.0 cm³/mol. The number of carbonyl (C=O) groups excluding carboxylic acids is 2. The summed E-state index contributed by atoms with van der Waals surface area (Å²) < 4.78 is 4.50. The Labute approximate surface area is 91.6 Å². The number of ether oxygens (including phenoxy) is 1. The number of Topliss-reactive ketones (excluding diaryl/α,β-unsaturated/α-hetero) is 1. The first kappa shape index (κ1) is 11.9. The first-order valence-corrected chi connectivity index (χ1v) is 4.55. The summed E-state index contributed by atoms with van der Waals surface area (Å²) in [6, 6.07) is 8.31. The quantitative estimate of drug-likeness (QED) is 0.454. The van der Waals surface area contributed by atoms with Crippen LogP contribution in [0.1, 0.15) is 16.8 Å². The van der Waals surface area contributed by atoms with Gasteiger partial charge in [0.1, 0.15) is 6.42 Å². The van der Waals surface area contributed by atoms with Crippen LogP contribution in [0.25, 0.3) is 0 Å². The fraction of sp³-hybridized carbons (Fsp3) is 0.182. The van der Waals surface area contributed by atoms with Crippen molar-refractivity contribution in [3.8, 4) is 0 Å². The SMILES string of the molecule is O=C(O)CC(=O)OCC(=O)c1ccccc1. The number of hydrogen-bond donors (Lipinski definition) is 1. The first-order chi connectivity index (χ1) is 7.59. The van der Waals surface area contributed by atoms with Crippen molar-refractivity contribution in [2.45, 2.75) is 6.42 Å². The van der Waals surface area contributed by atoms with E-state index in [9.17, 15) is 14.4 Å². The summed E-state index contributed by atoms with van der Waals surface area (Å²) in [4.78, 5) is 32.4. The van der Waals surface area contributed by atoms with Gasteiger partial charge in [-0.1, -0.05) is 30.3 Å². The summed E-state index contributed by atoms with van der Waals surface area (Å²) >= 11 is 0. The number of rotatable bonds is 5. The van der Waals surface area contributed by atoms with Crippen molar-refractivity contribution in [2.75, 3.05) is 6.61 Å². The third-order valence-corrected chi connectivity index (χ3v) is 1.76. The van der Waals surface area contributed by atoms with Crippen LogP contribution < -0.4 is 0 Å². The number of carbonyl (C=O) groups is 3. The summed E-state index contributed by atoms with van der Waals surface area (Å²) in [6.07, 6.45) is -0.734. The molecule has 0 radical (unpaired) electrons. The molecule has 16 heavy (non-hydrogen) atoms. The van der Waals surface area contributed by atoms with Gasteiger partial charge in [0.25, 0.3) is 0 Å². The second-order valence-corrected chi connectivity index (χ2v) is 3.02. The largest absolute Gasteiger partial charge is 0.481 e. The molecule has 0 saturated heterocycles. The van der Waals surface area contributed by atoms with E-state index in [4.69, 9.17) is 5.11 Å². The van der Waals surface area contributed by atoms with E-state index in [0.717, 1.165) is 0 Å². The van der Waals surface area contributed by atoms with Crippen molar-refractivity contribution >= 4 is 17.7 Å². The molecule has 5 nitrogen and oxygen atoms in total. The second kappa shape index (κ2) is 5.65. The maximum atomic E-state index is 11.4. The Hall–Kier alpha value is -2.17. The van der Waals surface area contributed by atoms with Crippen LogP contribution in [0.15, 0.2) is 30.3 Å². The van der Waals surface area contributed by atoms with Gasteiger partial charge in [-0.3, -0.25) is 14.4 Å². The molecule has 1 rings (SSSR count). The van der Waals surface area contributed by atoms with Gasteiger partial charge in [0.05, 0.1) is 0 Å². The molecule has 0 aliphatic heterocycles. The Morgan fingerprint density at radius 3 is 2.31 bits per heavy atom. The monoisotopic (exact) mass is 222 g/mol. The van der Waals surface area contributed by atoms with Gasteiger partial charge in [-0.15, -0.1) is 0 Å². The molecule has 0 fully saturated rings. The highest BCUT2D eigenvalue weighted by Crippen LogP contribution is 2.00. The van der Waals surface area contributed by atoms with E-state index in [0.29, 0.717) is 5.56 Å². The number of carboxylic acid groups (broad SMARTS) is 1. The third-order valence-electron chi connectivity index (χ3n) is 1.76. The molecule has 0 atom stereocenters. The van der Waals surface area contributed by atoms with E-state index in [2.05, 4.69) is 4.74 Å². The number of aliphatic carboxylic acids is 1. The summed E-state index contributed by atoms with van der Waals surface area (Å²) in [5.74, 6) is -2.56. The molecular weight excluding hydrogens is 212 g/mol. The van der Waals surface area contributed by atoms with Gasteiger partial charge in [-0.2, -0.15) is 0 Å². The Kier molecular flexibility index (Phi) is 4.20. The van der Waals surface area contributed by atoms with Gasteiger partial charge in [-0.05, 0) is 0 Å². The standard InChI is InChI=1S/C11H10O5/c12-9(8-4-2-1-3-5-8)7-16-11(15)6-10(13)14/h1-5H,6-7H2,(H,13,14). The maximum Gasteiger partial charge on any atom is 0.317 e. The summed E-state index contributed by atoms with van der Waals surface area (Å²) in [7, 11) is 0. The Morgan fingerprint density at radius 2 is 1.75 bits per heavy atom. The van der Waals surface area contributed by atoms with Gasteiger partial charge in [0.15, 0.2) is 12.4 Å². The number of esters is 1. The van der Waals surface area contributed by atoms with Crippen LogP contribution in [0.3, 0.4) is 0 Å². The highest BCUT2D eigenvalue weighted by atomic mass is 16.5. The lowest BCUT2D eigenvalue weighted by molar-refractivity contribution is -0.150. The number of benzene rings is 1. The van der Waals surface area contributed by atoms with E-state index >= 15 is 0 Å². The van der Waals surface area contributed by atoms with Gasteiger partial charge < -0.3 is 9.84 Å². The van der Waals surface area contributed by atoms with Crippen LogP contribution >= 0.6 is 0 Å². The average Bonchev–Trinajstić information content (AvgIpc) is 2.26. The molecule has 0 heterocycles. The van der Waals surface area contributed by atoms with Crippen molar-refractivity contribution in [2.24, 2.45) is 0 Å². The molecule has 0 aliphatic rings. The third kappa shape index (κ3) is 3.91. The molecular formula is C11H10O5. The molecule has 1 N–H and O–H groups in total. The highest BCUT2D eigenvalue weighted by molar-refractivity contribution is 5.98. The van der Waals surface area contributed by atoms with E-state index in [1.54, 1.807) is 30.3 Å². The summed E-state index contributed by atoms with van der Waals surface area (Å²) in [5, 5.41) is 8.28. The van der Waals surface area contributed by atoms with Crippen molar-refractivity contribution in [1.29, 1.82) is 0 Å². The molecule has 0 unspecified atom stereocenters. The van der Waals surface area contributed by atoms with Gasteiger partial charge in [0.2, 0.25) is 0 Å². The lowest BCUT2D eigenvalue weighted by Gasteiger charge is -2.02. The van der Waals surface area contributed by atoms with Crippen molar-refractivity contribution in [3.05, 3.63) is 35.9 Å². The molecule has 0 spiro atoms. The first-order valence-electron chi connectivity index (χ1n) is 4.55. The van der Waals surface area contributed by atoms with Gasteiger partial charge >= 0.3 is 11.9 Å². The lowest BCUT2D eigenvalue weighted by atomic mass is 10.1. The van der Waals surface area contributed by atoms with E-state index in [-0.39, 0.29) is 5.78 Å². The molecule has 1 aromatic carbocycles. The molecule has 0 saturated carbocycles. The van der Waals surface area contributed by atoms with Crippen LogP contribution in [0.2, 0.25) is 0 Å². The molecule has 0 bridgehead atoms. The number of ketones is 1. The smallest absolute Gasteiger partial charge is 0.317 e. The molecule has 0 aromatic heterocycles. The van der Waals surface area contributed by atoms with Crippen LogP contribution in [0.5, 0.6) is 0 Å². The molecule has 5 heteroatoms. The van der Waals surface area contributed by atoms with E-state index in [1.165, 1.54) is 0 Å². The van der Waals surface area contributed by atoms with E-state index < -0.39 is 25.0 Å². The minimum Gasteiger partial charge on any atom is -0.481 e. The average molecular weight is 222 g/mol. The fourth-order valence-corrected chi connectivity index (χ4v) is 1.03. The van der Waals surface area contributed by atoms with E-state index in [1.807, 2.05) is 0 Å². The number of carboxylic acids is 1. The number of hydrogen-bond acceptors (Lipinski definition) is 4. The van der Waals surface area contributed by atoms with Gasteiger partial charge in [0, 0.05) is 5.56 Å². The Bertz CT molecular complexity index is 396. The molecule has 0 amide bonds. The molecule has 0 aliphatic carbocycles. The fourth-order valence-electron chi connectivity index (χ4n) is 1.03. The van der Waals surface area contributed by atoms with Crippen molar-refractivity contribution in [1.82, 2.24) is 0 Å². The minimum atomic E-state index is -1.28. The topological polar surface area (TPSA) is 80.7 Å². The van der Waals surface area contributed by atoms with Crippen molar-refractivity contribution < 1.29 is 24.2 Å². The summed E-state index contributed by atoms with van der Waals surface area (Å²) in [6.45, 7) is -0.434. The Morgan fingerprint density at radius 1 is 1.12 bits per heavy atom. The molecule has 84 valence electrons. The van der Waals surface area contributed by atoms with Crippen molar-refractivity contribution in [3.63, 3.8) is 0 Å². The summed E-state index contributed by atoms with van der Waals surface area (Å²) in [5.41, 5.74) is 0.422. The zero-order chi connectivity index (χ0) is 12.0. The van der Waals surface area contributed by atoms with Crippen LogP contribution in [-0.2, 0) is 14.3 Å². The zero-order valence-corrected chi connectivity index (χ0v) is 8.38. The lowest BCUT2D eigenvalue weighted by Crippen LogP contribution is -2.16. The maximum absolute atomic E-state index is 11.4. The second-order valence-electron chi connectivity index (χ2n) is 3.02. The minimum absolute atomic E-state index is 0.362. The normalized spacial score (nSPS) is 9.50. The zero-order valence-electron chi connectivity index (χ0n) is 8.38. The Balaban J connectivity index is 2.42.